The standard InChI is InChI=1S/C21H18N4O2S/c1-2-27-17-9-7-16(8-10-17)25-20(26)14-3-5-15(6-4-14)24-19-18-11-12-28-21(18)23-13-22-19/h3-13H,2H2,1H3,(H,25,26)(H,22,23,24). The molecule has 1 amide bonds. The number of hydrogen-bond donors (Lipinski definition) is 2. The second kappa shape index (κ2) is 8.06. The molecule has 0 radical (unpaired) electrons. The molecule has 0 aliphatic carbocycles. The van der Waals surface area contributed by atoms with Gasteiger partial charge in [0.25, 0.3) is 5.91 Å². The summed E-state index contributed by atoms with van der Waals surface area (Å²) in [7, 11) is 0. The van der Waals surface area contributed by atoms with Crippen molar-refractivity contribution in [2.45, 2.75) is 6.92 Å². The molecule has 0 saturated heterocycles. The molecule has 28 heavy (non-hydrogen) atoms. The zero-order valence-electron chi connectivity index (χ0n) is 15.2. The first kappa shape index (κ1) is 17.9. The van der Waals surface area contributed by atoms with Crippen molar-refractivity contribution in [1.82, 2.24) is 9.97 Å². The first-order valence-corrected chi connectivity index (χ1v) is 9.70. The minimum absolute atomic E-state index is 0.169. The Labute approximate surface area is 166 Å². The highest BCUT2D eigenvalue weighted by Crippen LogP contribution is 2.26. The van der Waals surface area contributed by atoms with Crippen molar-refractivity contribution in [1.29, 1.82) is 0 Å². The average molecular weight is 390 g/mol. The van der Waals surface area contributed by atoms with Gasteiger partial charge in [0.05, 0.1) is 12.0 Å². The molecule has 4 aromatic rings. The molecule has 6 nitrogen and oxygen atoms in total. The number of carbonyl (C=O) groups is 1. The van der Waals surface area contributed by atoms with Crippen LogP contribution in [0.1, 0.15) is 17.3 Å². The molecule has 0 atom stereocenters. The van der Waals surface area contributed by atoms with E-state index in [4.69, 9.17) is 4.74 Å². The van der Waals surface area contributed by atoms with Gasteiger partial charge >= 0.3 is 0 Å². The lowest BCUT2D eigenvalue weighted by atomic mass is 10.2. The molecule has 2 heterocycles. The summed E-state index contributed by atoms with van der Waals surface area (Å²) in [5.41, 5.74) is 2.14. The number of anilines is 3. The van der Waals surface area contributed by atoms with Crippen LogP contribution in [0.25, 0.3) is 10.2 Å². The van der Waals surface area contributed by atoms with Crippen molar-refractivity contribution in [3.05, 3.63) is 71.9 Å². The molecule has 0 spiro atoms. The number of nitrogens with zero attached hydrogens (tertiary/aromatic N) is 2. The lowest BCUT2D eigenvalue weighted by Crippen LogP contribution is -2.11. The number of aromatic nitrogens is 2. The topological polar surface area (TPSA) is 76.1 Å². The number of rotatable bonds is 6. The molecule has 2 N–H and O–H groups in total. The van der Waals surface area contributed by atoms with Gasteiger partial charge in [-0.1, -0.05) is 0 Å². The van der Waals surface area contributed by atoms with Gasteiger partial charge in [0.1, 0.15) is 22.7 Å². The Morgan fingerprint density at radius 3 is 2.50 bits per heavy atom. The first-order valence-electron chi connectivity index (χ1n) is 8.82. The van der Waals surface area contributed by atoms with Gasteiger partial charge in [0.2, 0.25) is 0 Å². The minimum atomic E-state index is -0.169. The van der Waals surface area contributed by atoms with Gasteiger partial charge in [0.15, 0.2) is 0 Å². The second-order valence-corrected chi connectivity index (χ2v) is 6.87. The number of carbonyl (C=O) groups excluding carboxylic acids is 1. The Hall–Kier alpha value is -3.45. The van der Waals surface area contributed by atoms with Crippen molar-refractivity contribution in [3.8, 4) is 5.75 Å². The van der Waals surface area contributed by atoms with Crippen molar-refractivity contribution in [3.63, 3.8) is 0 Å². The fourth-order valence-corrected chi connectivity index (χ4v) is 3.47. The summed E-state index contributed by atoms with van der Waals surface area (Å²) in [6.07, 6.45) is 1.54. The van der Waals surface area contributed by atoms with E-state index in [0.717, 1.165) is 33.2 Å². The van der Waals surface area contributed by atoms with Crippen LogP contribution in [0, 0.1) is 0 Å². The van der Waals surface area contributed by atoms with Crippen molar-refractivity contribution < 1.29 is 9.53 Å². The van der Waals surface area contributed by atoms with Crippen LogP contribution in [0.4, 0.5) is 17.2 Å². The maximum Gasteiger partial charge on any atom is 0.255 e. The van der Waals surface area contributed by atoms with Gasteiger partial charge in [-0.15, -0.1) is 11.3 Å². The fraction of sp³-hybridized carbons (Fsp3) is 0.0952. The maximum atomic E-state index is 12.5. The lowest BCUT2D eigenvalue weighted by Gasteiger charge is -2.09. The van der Waals surface area contributed by atoms with Crippen LogP contribution in [-0.4, -0.2) is 22.5 Å². The number of hydrogen-bond acceptors (Lipinski definition) is 6. The van der Waals surface area contributed by atoms with E-state index in [9.17, 15) is 4.79 Å². The van der Waals surface area contributed by atoms with E-state index >= 15 is 0 Å². The first-order chi connectivity index (χ1) is 13.7. The Kier molecular flexibility index (Phi) is 5.16. The molecule has 4 rings (SSSR count). The van der Waals surface area contributed by atoms with Crippen LogP contribution in [0.3, 0.4) is 0 Å². The van der Waals surface area contributed by atoms with Gasteiger partial charge in [-0.3, -0.25) is 4.79 Å². The monoisotopic (exact) mass is 390 g/mol. The van der Waals surface area contributed by atoms with E-state index in [2.05, 4.69) is 20.6 Å². The number of amides is 1. The van der Waals surface area contributed by atoms with E-state index in [1.165, 1.54) is 0 Å². The van der Waals surface area contributed by atoms with Crippen LogP contribution in [0.15, 0.2) is 66.3 Å². The Morgan fingerprint density at radius 2 is 1.75 bits per heavy atom. The predicted molar refractivity (Wildman–Crippen MR) is 113 cm³/mol. The third-order valence-electron chi connectivity index (χ3n) is 4.09. The van der Waals surface area contributed by atoms with Gasteiger partial charge in [-0.2, -0.15) is 0 Å². The highest BCUT2D eigenvalue weighted by molar-refractivity contribution is 7.16. The zero-order chi connectivity index (χ0) is 19.3. The van der Waals surface area contributed by atoms with Gasteiger partial charge in [-0.25, -0.2) is 9.97 Å². The molecule has 0 fully saturated rings. The highest BCUT2D eigenvalue weighted by atomic mass is 32.1. The number of benzene rings is 2. The Morgan fingerprint density at radius 1 is 1.00 bits per heavy atom. The van der Waals surface area contributed by atoms with E-state index in [-0.39, 0.29) is 5.91 Å². The van der Waals surface area contributed by atoms with E-state index in [1.54, 1.807) is 29.8 Å². The SMILES string of the molecule is CCOc1ccc(NC(=O)c2ccc(Nc3ncnc4sccc34)cc2)cc1. The summed E-state index contributed by atoms with van der Waals surface area (Å²) in [6.45, 7) is 2.54. The van der Waals surface area contributed by atoms with E-state index in [1.807, 2.05) is 54.8 Å². The molecule has 0 unspecified atom stereocenters. The molecule has 0 aliphatic heterocycles. The number of nitrogens with one attached hydrogen (secondary N) is 2. The molecule has 0 aliphatic rings. The Balaban J connectivity index is 1.43. The summed E-state index contributed by atoms with van der Waals surface area (Å²) in [5, 5.41) is 9.12. The third-order valence-corrected chi connectivity index (χ3v) is 4.92. The molecule has 0 saturated carbocycles. The van der Waals surface area contributed by atoms with Gasteiger partial charge in [0, 0.05) is 16.9 Å². The summed E-state index contributed by atoms with van der Waals surface area (Å²) < 4.78 is 5.41. The molecular formula is C21H18N4O2S. The maximum absolute atomic E-state index is 12.5. The van der Waals surface area contributed by atoms with E-state index < -0.39 is 0 Å². The van der Waals surface area contributed by atoms with Crippen LogP contribution in [0.5, 0.6) is 5.75 Å². The lowest BCUT2D eigenvalue weighted by molar-refractivity contribution is 0.102. The molecule has 0 bridgehead atoms. The predicted octanol–water partition coefficient (Wildman–Crippen LogP) is 5.09. The smallest absolute Gasteiger partial charge is 0.255 e. The second-order valence-electron chi connectivity index (χ2n) is 5.98. The number of thiophene rings is 1. The van der Waals surface area contributed by atoms with Crippen molar-refractivity contribution in [2.24, 2.45) is 0 Å². The third kappa shape index (κ3) is 3.94. The van der Waals surface area contributed by atoms with Crippen LogP contribution in [0.2, 0.25) is 0 Å². The molecule has 2 aromatic carbocycles. The largest absolute Gasteiger partial charge is 0.494 e. The summed E-state index contributed by atoms with van der Waals surface area (Å²) in [5.74, 6) is 1.36. The number of fused-ring (bicyclic) bond motifs is 1. The summed E-state index contributed by atoms with van der Waals surface area (Å²) in [6, 6.07) is 16.6. The van der Waals surface area contributed by atoms with E-state index in [0.29, 0.717) is 12.2 Å². The van der Waals surface area contributed by atoms with Crippen LogP contribution in [-0.2, 0) is 0 Å². The quantitative estimate of drug-likeness (QED) is 0.480. The summed E-state index contributed by atoms with van der Waals surface area (Å²) in [4.78, 5) is 21.9. The highest BCUT2D eigenvalue weighted by Gasteiger charge is 2.08. The average Bonchev–Trinajstić information content (AvgIpc) is 3.20. The molecular weight excluding hydrogens is 372 g/mol. The zero-order valence-corrected chi connectivity index (χ0v) is 16.0. The minimum Gasteiger partial charge on any atom is -0.494 e. The fourth-order valence-electron chi connectivity index (χ4n) is 2.74. The van der Waals surface area contributed by atoms with Crippen molar-refractivity contribution in [2.75, 3.05) is 17.2 Å². The number of ether oxygens (including phenoxy) is 1. The molecule has 140 valence electrons. The van der Waals surface area contributed by atoms with Crippen molar-refractivity contribution >= 4 is 44.7 Å². The molecule has 2 aromatic heterocycles. The van der Waals surface area contributed by atoms with Crippen LogP contribution >= 0.6 is 11.3 Å². The van der Waals surface area contributed by atoms with Gasteiger partial charge < -0.3 is 15.4 Å². The van der Waals surface area contributed by atoms with Crippen LogP contribution < -0.4 is 15.4 Å². The Bertz CT molecular complexity index is 1090. The molecule has 7 heteroatoms. The van der Waals surface area contributed by atoms with Gasteiger partial charge in [-0.05, 0) is 66.9 Å². The normalized spacial score (nSPS) is 10.6. The summed E-state index contributed by atoms with van der Waals surface area (Å²) >= 11 is 1.57.